The maximum Gasteiger partial charge on any atom is 0.416 e. The van der Waals surface area contributed by atoms with Crippen LogP contribution in [0.3, 0.4) is 0 Å². The first-order chi connectivity index (χ1) is 36.4. The van der Waals surface area contributed by atoms with Gasteiger partial charge in [0, 0.05) is 49.5 Å². The number of halogens is 3. The number of aromatic nitrogens is 2. The average Bonchev–Trinajstić information content (AvgIpc) is 3.97. The van der Waals surface area contributed by atoms with E-state index in [0.717, 1.165) is 55.7 Å². The monoisotopic (exact) mass is 969 g/mol. The highest BCUT2D eigenvalue weighted by molar-refractivity contribution is 6.13. The number of benzene rings is 9. The summed E-state index contributed by atoms with van der Waals surface area (Å²) in [6, 6.07) is 54.2. The summed E-state index contributed by atoms with van der Waals surface area (Å²) in [4.78, 5) is 14.9. The van der Waals surface area contributed by atoms with Crippen molar-refractivity contribution < 1.29 is 13.2 Å². The molecule has 2 heterocycles. The molecule has 0 radical (unpaired) electrons. The Kier molecular flexibility index (Phi) is 11.0. The highest BCUT2D eigenvalue weighted by Crippen LogP contribution is 2.47. The average molecular weight is 970 g/mol. The summed E-state index contributed by atoms with van der Waals surface area (Å²) in [5.74, 6) is 0. The van der Waals surface area contributed by atoms with Crippen molar-refractivity contribution in [1.29, 1.82) is 15.8 Å². The van der Waals surface area contributed by atoms with Crippen molar-refractivity contribution in [3.63, 3.8) is 0 Å². The number of para-hydroxylation sites is 2. The van der Waals surface area contributed by atoms with E-state index in [9.17, 15) is 29.0 Å². The Morgan fingerprint density at radius 1 is 0.453 bits per heavy atom. The van der Waals surface area contributed by atoms with Crippen LogP contribution in [0.25, 0.3) is 119 Å². The van der Waals surface area contributed by atoms with Gasteiger partial charge in [-0.15, -0.1) is 0 Å². The van der Waals surface area contributed by atoms with E-state index in [1.165, 1.54) is 30.3 Å². The van der Waals surface area contributed by atoms with Crippen molar-refractivity contribution in [3.05, 3.63) is 237 Å². The van der Waals surface area contributed by atoms with Crippen LogP contribution in [-0.4, -0.2) is 9.13 Å². The molecule has 0 aliphatic heterocycles. The van der Waals surface area contributed by atoms with Gasteiger partial charge in [0.05, 0.1) is 83.4 Å². The summed E-state index contributed by atoms with van der Waals surface area (Å²) in [5, 5.41) is 33.4. The van der Waals surface area contributed by atoms with Gasteiger partial charge < -0.3 is 9.13 Å². The van der Waals surface area contributed by atoms with Gasteiger partial charge in [-0.25, -0.2) is 19.4 Å². The molecular weight excluding hydrogens is 940 g/mol. The first-order valence-corrected chi connectivity index (χ1v) is 23.0. The van der Waals surface area contributed by atoms with Crippen LogP contribution < -0.4 is 0 Å². The molecule has 9 aromatic carbocycles. The third kappa shape index (κ3) is 7.51. The molecule has 0 saturated carbocycles. The number of nitrogens with zero attached hydrogens (tertiary/aromatic N) is 9. The highest BCUT2D eigenvalue weighted by Gasteiger charge is 2.31. The Balaban J connectivity index is 1.17. The van der Waals surface area contributed by atoms with Gasteiger partial charge in [0.2, 0.25) is 0 Å². The third-order valence-corrected chi connectivity index (χ3v) is 13.6. The molecule has 0 unspecified atom stereocenters. The van der Waals surface area contributed by atoms with Crippen LogP contribution in [0, 0.1) is 67.2 Å². The lowest BCUT2D eigenvalue weighted by Gasteiger charge is -2.19. The highest BCUT2D eigenvalue weighted by atomic mass is 19.4. The minimum absolute atomic E-state index is 0.170. The van der Waals surface area contributed by atoms with Crippen LogP contribution in [0.15, 0.2) is 164 Å². The van der Waals surface area contributed by atoms with Gasteiger partial charge in [-0.2, -0.15) is 29.0 Å². The smallest absolute Gasteiger partial charge is 0.309 e. The zero-order valence-electron chi connectivity index (χ0n) is 39.2. The lowest BCUT2D eigenvalue weighted by molar-refractivity contribution is -0.137. The van der Waals surface area contributed by atoms with E-state index in [4.69, 9.17) is 26.3 Å². The molecule has 11 rings (SSSR count). The predicted octanol–water partition coefficient (Wildman–Crippen LogP) is 17.7. The van der Waals surface area contributed by atoms with Gasteiger partial charge >= 0.3 is 6.18 Å². The molecule has 0 atom stereocenters. The second-order valence-electron chi connectivity index (χ2n) is 17.7. The Hall–Kier alpha value is -11.2. The Morgan fingerprint density at radius 2 is 1.03 bits per heavy atom. The second kappa shape index (κ2) is 17.9. The molecule has 11 aromatic rings. The fourth-order valence-corrected chi connectivity index (χ4v) is 10.4. The Bertz CT molecular complexity index is 4570. The Morgan fingerprint density at radius 3 is 1.61 bits per heavy atom. The molecule has 0 amide bonds. The molecule has 2 aromatic heterocycles. The molecule has 12 heteroatoms. The van der Waals surface area contributed by atoms with Crippen molar-refractivity contribution >= 4 is 66.4 Å². The van der Waals surface area contributed by atoms with Gasteiger partial charge in [0.15, 0.2) is 22.7 Å². The molecule has 0 fully saturated rings. The standard InChI is InChI=1S/C63H30F3N9/c1-36-24-43(63(64,65)66)17-19-46(36)38-14-21-60(75-57-13-9-7-11-48(57)51-30-40(16-23-59(51)75)62-42(35-69)27-44(70-2)31-55(62)73-5)52(28-38)49-32-45(18-20-53(49)71-3)74-56-12-8-6-10-47(56)50-29-39(15-22-58(50)74)61-41(34-68)25-37(33-67)26-54(61)72-4/h6-32H,1H3. The lowest BCUT2D eigenvalue weighted by atomic mass is 9.93. The van der Waals surface area contributed by atoms with E-state index in [2.05, 4.69) is 40.7 Å². The summed E-state index contributed by atoms with van der Waals surface area (Å²) in [6.07, 6.45) is -4.55. The number of aryl methyl sites for hydroxylation is 1. The van der Waals surface area contributed by atoms with Gasteiger partial charge in [-0.1, -0.05) is 72.8 Å². The summed E-state index contributed by atoms with van der Waals surface area (Å²) >= 11 is 0. The normalized spacial score (nSPS) is 11.1. The fraction of sp³-hybridized carbons (Fsp3) is 0.0317. The largest absolute Gasteiger partial charge is 0.416 e. The van der Waals surface area contributed by atoms with Crippen molar-refractivity contribution in [1.82, 2.24) is 9.13 Å². The van der Waals surface area contributed by atoms with Gasteiger partial charge in [-0.3, -0.25) is 0 Å². The lowest BCUT2D eigenvalue weighted by Crippen LogP contribution is -2.05. The van der Waals surface area contributed by atoms with Crippen LogP contribution in [0.2, 0.25) is 0 Å². The van der Waals surface area contributed by atoms with Gasteiger partial charge in [0.25, 0.3) is 0 Å². The van der Waals surface area contributed by atoms with E-state index >= 15 is 0 Å². The summed E-state index contributed by atoms with van der Waals surface area (Å²) < 4.78 is 46.1. The number of hydrogen-bond donors (Lipinski definition) is 0. The third-order valence-electron chi connectivity index (χ3n) is 13.6. The molecular formula is C63H30F3N9. The maximum absolute atomic E-state index is 14.0. The molecule has 0 saturated heterocycles. The van der Waals surface area contributed by atoms with Crippen molar-refractivity contribution in [3.8, 4) is 74.1 Å². The first kappa shape index (κ1) is 46.2. The van der Waals surface area contributed by atoms with Gasteiger partial charge in [0.1, 0.15) is 0 Å². The summed E-state index contributed by atoms with van der Waals surface area (Å²) in [6.45, 7) is 33.7. The van der Waals surface area contributed by atoms with Crippen molar-refractivity contribution in [2.75, 3.05) is 0 Å². The van der Waals surface area contributed by atoms with Crippen LogP contribution >= 0.6 is 0 Å². The zero-order valence-corrected chi connectivity index (χ0v) is 39.2. The topological polar surface area (TPSA) is 98.7 Å². The number of fused-ring (bicyclic) bond motifs is 6. The minimum Gasteiger partial charge on any atom is -0.309 e. The SMILES string of the molecule is [C-]#[N+]c1cc(C#N)c(-c2ccc3c(c2)c2ccccc2n3-c2ccc(-c3ccc(C(F)(F)F)cc3C)cc2-c2cc(-n3c4ccccc4c4cc(-c5c(C#N)cc(C#N)cc5[N+]#[C-])ccc43)ccc2[N+]#[C-])c([N+]#[C-])c1. The van der Waals surface area contributed by atoms with Crippen LogP contribution in [0.1, 0.15) is 27.8 Å². The van der Waals surface area contributed by atoms with Crippen LogP contribution in [0.5, 0.6) is 0 Å². The maximum atomic E-state index is 14.0. The van der Waals surface area contributed by atoms with Gasteiger partial charge in [-0.05, 0) is 137 Å². The van der Waals surface area contributed by atoms with E-state index in [1.54, 1.807) is 13.0 Å². The molecule has 0 aliphatic carbocycles. The first-order valence-electron chi connectivity index (χ1n) is 23.0. The molecule has 0 bridgehead atoms. The molecule has 9 nitrogen and oxygen atoms in total. The number of hydrogen-bond acceptors (Lipinski definition) is 3. The molecule has 0 spiro atoms. The van der Waals surface area contributed by atoms with E-state index in [1.807, 2.05) is 121 Å². The molecule has 75 heavy (non-hydrogen) atoms. The number of alkyl halides is 3. The minimum atomic E-state index is -4.55. The zero-order chi connectivity index (χ0) is 52.3. The predicted molar refractivity (Wildman–Crippen MR) is 286 cm³/mol. The summed E-state index contributed by atoms with van der Waals surface area (Å²) in [7, 11) is 0. The van der Waals surface area contributed by atoms with Crippen molar-refractivity contribution in [2.45, 2.75) is 13.1 Å². The molecule has 0 N–H and O–H groups in total. The van der Waals surface area contributed by atoms with E-state index < -0.39 is 11.7 Å². The van der Waals surface area contributed by atoms with E-state index in [0.29, 0.717) is 67.1 Å². The Labute approximate surface area is 427 Å². The fourth-order valence-electron chi connectivity index (χ4n) is 10.4. The number of nitriles is 3. The van der Waals surface area contributed by atoms with Crippen molar-refractivity contribution in [2.24, 2.45) is 0 Å². The second-order valence-corrected chi connectivity index (χ2v) is 17.7. The summed E-state index contributed by atoms with van der Waals surface area (Å²) in [5.41, 5.74) is 9.95. The van der Waals surface area contributed by atoms with Crippen LogP contribution in [0.4, 0.5) is 35.9 Å². The molecule has 0 aliphatic rings. The van der Waals surface area contributed by atoms with Crippen LogP contribution in [-0.2, 0) is 6.18 Å². The quantitative estimate of drug-likeness (QED) is 0.155. The number of rotatable bonds is 6. The van der Waals surface area contributed by atoms with E-state index in [-0.39, 0.29) is 33.8 Å². The molecule has 348 valence electrons.